The monoisotopic (exact) mass is 267 g/mol. The first kappa shape index (κ1) is 14.0. The van der Waals surface area contributed by atoms with E-state index in [9.17, 15) is 9.18 Å². The zero-order chi connectivity index (χ0) is 13.8. The van der Waals surface area contributed by atoms with Gasteiger partial charge in [-0.3, -0.25) is 4.79 Å². The zero-order valence-corrected chi connectivity index (χ0v) is 11.2. The van der Waals surface area contributed by atoms with Gasteiger partial charge in [0.25, 0.3) is 0 Å². The molecule has 0 amide bonds. The molecule has 0 saturated carbocycles. The number of ether oxygens (including phenoxy) is 2. The van der Waals surface area contributed by atoms with Gasteiger partial charge in [0.15, 0.2) is 17.3 Å². The summed E-state index contributed by atoms with van der Waals surface area (Å²) in [6, 6.07) is 4.81. The lowest BCUT2D eigenvalue weighted by atomic mass is 10.0. The summed E-state index contributed by atoms with van der Waals surface area (Å²) in [6.07, 6.45) is -0.439. The molecule has 5 heteroatoms. The van der Waals surface area contributed by atoms with E-state index in [4.69, 9.17) is 9.47 Å². The van der Waals surface area contributed by atoms with Gasteiger partial charge < -0.3 is 14.4 Å². The van der Waals surface area contributed by atoms with Gasteiger partial charge in [0.1, 0.15) is 6.10 Å². The summed E-state index contributed by atoms with van der Waals surface area (Å²) < 4.78 is 24.3. The van der Waals surface area contributed by atoms with Crippen molar-refractivity contribution in [3.63, 3.8) is 0 Å². The Kier molecular flexibility index (Phi) is 4.50. The van der Waals surface area contributed by atoms with Gasteiger partial charge >= 0.3 is 0 Å². The van der Waals surface area contributed by atoms with E-state index in [1.165, 1.54) is 13.2 Å². The molecule has 1 fully saturated rings. The smallest absolute Gasteiger partial charge is 0.168 e. The van der Waals surface area contributed by atoms with Gasteiger partial charge in [0, 0.05) is 19.5 Å². The van der Waals surface area contributed by atoms with Gasteiger partial charge in [-0.25, -0.2) is 4.39 Å². The molecule has 1 heterocycles. The summed E-state index contributed by atoms with van der Waals surface area (Å²) in [6.45, 7) is 1.91. The molecule has 1 aliphatic heterocycles. The van der Waals surface area contributed by atoms with E-state index in [0.717, 1.165) is 6.54 Å². The van der Waals surface area contributed by atoms with Crippen molar-refractivity contribution in [2.24, 2.45) is 0 Å². The van der Waals surface area contributed by atoms with Crippen LogP contribution in [0.1, 0.15) is 5.56 Å². The SMILES string of the molecule is COc1cccc(CC(=O)C2CN(C)CCO2)c1F. The van der Waals surface area contributed by atoms with Crippen LogP contribution < -0.4 is 4.74 Å². The van der Waals surface area contributed by atoms with Crippen LogP contribution in [0.4, 0.5) is 4.39 Å². The number of Topliss-reactive ketones (excluding diaryl/α,β-unsaturated/α-hetero) is 1. The number of hydrogen-bond donors (Lipinski definition) is 0. The van der Waals surface area contributed by atoms with Gasteiger partial charge in [-0.1, -0.05) is 12.1 Å². The number of rotatable bonds is 4. The second-order valence-corrected chi connectivity index (χ2v) is 4.70. The number of morpholine rings is 1. The summed E-state index contributed by atoms with van der Waals surface area (Å²) in [4.78, 5) is 14.1. The number of hydrogen-bond acceptors (Lipinski definition) is 4. The second-order valence-electron chi connectivity index (χ2n) is 4.70. The highest BCUT2D eigenvalue weighted by molar-refractivity contribution is 5.85. The van der Waals surface area contributed by atoms with Gasteiger partial charge in [0.05, 0.1) is 13.7 Å². The first-order chi connectivity index (χ1) is 9.11. The molecule has 4 nitrogen and oxygen atoms in total. The topological polar surface area (TPSA) is 38.8 Å². The van der Waals surface area contributed by atoms with Gasteiger partial charge in [-0.2, -0.15) is 0 Å². The van der Waals surface area contributed by atoms with E-state index in [0.29, 0.717) is 18.7 Å². The van der Waals surface area contributed by atoms with Gasteiger partial charge in [0.2, 0.25) is 0 Å². The van der Waals surface area contributed by atoms with Crippen LogP contribution in [-0.4, -0.2) is 50.6 Å². The molecule has 1 saturated heterocycles. The van der Waals surface area contributed by atoms with Crippen molar-refractivity contribution in [1.82, 2.24) is 4.90 Å². The highest BCUT2D eigenvalue weighted by atomic mass is 19.1. The number of nitrogens with zero attached hydrogens (tertiary/aromatic N) is 1. The second kappa shape index (κ2) is 6.12. The fraction of sp³-hybridized carbons (Fsp3) is 0.500. The molecule has 2 rings (SSSR count). The van der Waals surface area contributed by atoms with Crippen molar-refractivity contribution >= 4 is 5.78 Å². The fourth-order valence-electron chi connectivity index (χ4n) is 2.12. The van der Waals surface area contributed by atoms with Crippen LogP contribution in [-0.2, 0) is 16.0 Å². The third-order valence-corrected chi connectivity index (χ3v) is 3.26. The quantitative estimate of drug-likeness (QED) is 0.823. The van der Waals surface area contributed by atoms with E-state index in [-0.39, 0.29) is 18.0 Å². The maximum Gasteiger partial charge on any atom is 0.168 e. The fourth-order valence-corrected chi connectivity index (χ4v) is 2.12. The normalized spacial score (nSPS) is 20.3. The van der Waals surface area contributed by atoms with Crippen LogP contribution in [0.25, 0.3) is 0 Å². The molecule has 1 unspecified atom stereocenters. The summed E-state index contributed by atoms with van der Waals surface area (Å²) in [5.41, 5.74) is 0.348. The Morgan fingerprint density at radius 2 is 2.37 bits per heavy atom. The molecule has 1 atom stereocenters. The van der Waals surface area contributed by atoms with Crippen LogP contribution in [0, 0.1) is 5.82 Å². The van der Waals surface area contributed by atoms with Gasteiger partial charge in [-0.15, -0.1) is 0 Å². The van der Waals surface area contributed by atoms with Crippen molar-refractivity contribution in [1.29, 1.82) is 0 Å². The lowest BCUT2D eigenvalue weighted by Gasteiger charge is -2.29. The molecule has 0 radical (unpaired) electrons. The van der Waals surface area contributed by atoms with Crippen LogP contribution in [0.2, 0.25) is 0 Å². The lowest BCUT2D eigenvalue weighted by Crippen LogP contribution is -2.44. The minimum absolute atomic E-state index is 0.0293. The third-order valence-electron chi connectivity index (χ3n) is 3.26. The van der Waals surface area contributed by atoms with Crippen LogP contribution >= 0.6 is 0 Å². The largest absolute Gasteiger partial charge is 0.494 e. The molecule has 1 aliphatic rings. The molecular weight excluding hydrogens is 249 g/mol. The summed E-state index contributed by atoms with van der Waals surface area (Å²) in [5.74, 6) is -0.409. The number of halogens is 1. The molecular formula is C14H18FNO3. The molecule has 0 spiro atoms. The molecule has 1 aromatic carbocycles. The van der Waals surface area contributed by atoms with Crippen molar-refractivity contribution in [3.05, 3.63) is 29.6 Å². The zero-order valence-electron chi connectivity index (χ0n) is 11.2. The molecule has 1 aromatic rings. The van der Waals surface area contributed by atoms with E-state index < -0.39 is 11.9 Å². The Hall–Kier alpha value is -1.46. The number of benzene rings is 1. The number of ketones is 1. The van der Waals surface area contributed by atoms with E-state index >= 15 is 0 Å². The number of carbonyl (C=O) groups is 1. The van der Waals surface area contributed by atoms with Crippen molar-refractivity contribution in [2.75, 3.05) is 33.9 Å². The summed E-state index contributed by atoms with van der Waals surface area (Å²) in [7, 11) is 3.35. The Labute approximate surface area is 112 Å². The lowest BCUT2D eigenvalue weighted by molar-refractivity contribution is -0.134. The Morgan fingerprint density at radius 3 is 3.05 bits per heavy atom. The highest BCUT2D eigenvalue weighted by Crippen LogP contribution is 2.21. The average Bonchev–Trinajstić information content (AvgIpc) is 2.41. The highest BCUT2D eigenvalue weighted by Gasteiger charge is 2.25. The molecule has 0 aliphatic carbocycles. The Bertz CT molecular complexity index is 464. The molecule has 0 bridgehead atoms. The number of likely N-dealkylation sites (N-methyl/N-ethyl adjacent to an activating group) is 1. The Morgan fingerprint density at radius 1 is 1.58 bits per heavy atom. The molecule has 0 N–H and O–H groups in total. The predicted octanol–water partition coefficient (Wildman–Crippen LogP) is 1.28. The number of methoxy groups -OCH3 is 1. The third kappa shape index (κ3) is 3.30. The van der Waals surface area contributed by atoms with Crippen LogP contribution in [0.5, 0.6) is 5.75 Å². The minimum Gasteiger partial charge on any atom is -0.494 e. The maximum absolute atomic E-state index is 13.9. The van der Waals surface area contributed by atoms with Crippen molar-refractivity contribution in [2.45, 2.75) is 12.5 Å². The number of carbonyl (C=O) groups excluding carboxylic acids is 1. The average molecular weight is 267 g/mol. The summed E-state index contributed by atoms with van der Waals surface area (Å²) in [5, 5.41) is 0. The van der Waals surface area contributed by atoms with Crippen LogP contribution in [0.3, 0.4) is 0 Å². The standard InChI is InChI=1S/C14H18FNO3/c1-16-6-7-19-13(9-16)11(17)8-10-4-3-5-12(18-2)14(10)15/h3-5,13H,6-9H2,1-2H3. The first-order valence-electron chi connectivity index (χ1n) is 6.26. The summed E-state index contributed by atoms with van der Waals surface area (Å²) >= 11 is 0. The molecule has 0 aromatic heterocycles. The maximum atomic E-state index is 13.9. The molecule has 104 valence electrons. The van der Waals surface area contributed by atoms with Crippen molar-refractivity contribution in [3.8, 4) is 5.75 Å². The molecule has 19 heavy (non-hydrogen) atoms. The predicted molar refractivity (Wildman–Crippen MR) is 68.9 cm³/mol. The van der Waals surface area contributed by atoms with E-state index in [1.54, 1.807) is 12.1 Å². The van der Waals surface area contributed by atoms with Crippen molar-refractivity contribution < 1.29 is 18.7 Å². The van der Waals surface area contributed by atoms with Gasteiger partial charge in [-0.05, 0) is 18.7 Å². The minimum atomic E-state index is -0.470. The van der Waals surface area contributed by atoms with Crippen LogP contribution in [0.15, 0.2) is 18.2 Å². The van der Waals surface area contributed by atoms with E-state index in [1.807, 2.05) is 11.9 Å². The first-order valence-corrected chi connectivity index (χ1v) is 6.26. The Balaban J connectivity index is 2.06. The van der Waals surface area contributed by atoms with E-state index in [2.05, 4.69) is 0 Å².